The van der Waals surface area contributed by atoms with Crippen LogP contribution >= 0.6 is 11.6 Å². The zero-order chi connectivity index (χ0) is 22.9. The van der Waals surface area contributed by atoms with Crippen molar-refractivity contribution in [2.45, 2.75) is 54.9 Å². The van der Waals surface area contributed by atoms with E-state index in [1.807, 2.05) is 48.5 Å². The number of amides is 2. The predicted molar refractivity (Wildman–Crippen MR) is 122 cm³/mol. The van der Waals surface area contributed by atoms with Crippen LogP contribution in [0.1, 0.15) is 54.2 Å². The van der Waals surface area contributed by atoms with Crippen molar-refractivity contribution >= 4 is 40.9 Å². The van der Waals surface area contributed by atoms with Crippen LogP contribution in [-0.2, 0) is 16.0 Å². The molecule has 0 saturated heterocycles. The van der Waals surface area contributed by atoms with Gasteiger partial charge in [0.1, 0.15) is 5.82 Å². The lowest BCUT2D eigenvalue weighted by atomic mass is 9.95. The monoisotopic (exact) mass is 431 g/mol. The smallest absolute Gasteiger partial charge is 0.232 e. The summed E-state index contributed by atoms with van der Waals surface area (Å²) in [4.78, 5) is 33.4. The third-order valence-corrected chi connectivity index (χ3v) is 4.77. The summed E-state index contributed by atoms with van der Waals surface area (Å²) in [7, 11) is 0. The Balaban J connectivity index is 2.47. The lowest BCUT2D eigenvalue weighted by Gasteiger charge is -2.20. The Kier molecular flexibility index (Phi) is 6.76. The summed E-state index contributed by atoms with van der Waals surface area (Å²) in [6.45, 7) is 12.8. The summed E-state index contributed by atoms with van der Waals surface area (Å²) in [6, 6.07) is 5.26. The number of rotatable bonds is 4. The van der Waals surface area contributed by atoms with E-state index >= 15 is 0 Å². The Bertz CT molecular complexity index is 975. The molecule has 0 aliphatic rings. The molecule has 0 aliphatic heterocycles. The normalized spacial score (nSPS) is 11.9. The lowest BCUT2D eigenvalue weighted by Crippen LogP contribution is -2.29. The zero-order valence-electron chi connectivity index (χ0n) is 18.6. The minimum Gasteiger partial charge on any atom is -0.383 e. The van der Waals surface area contributed by atoms with Crippen molar-refractivity contribution < 1.29 is 9.59 Å². The van der Waals surface area contributed by atoms with Crippen molar-refractivity contribution in [1.82, 2.24) is 9.97 Å². The van der Waals surface area contributed by atoms with Gasteiger partial charge in [-0.25, -0.2) is 4.98 Å². The van der Waals surface area contributed by atoms with Crippen molar-refractivity contribution in [2.24, 2.45) is 10.8 Å². The lowest BCUT2D eigenvalue weighted by molar-refractivity contribution is -0.123. The molecule has 2 amide bonds. The van der Waals surface area contributed by atoms with Crippen molar-refractivity contribution in [1.29, 1.82) is 0 Å². The average Bonchev–Trinajstić information content (AvgIpc) is 2.61. The predicted octanol–water partition coefficient (Wildman–Crippen LogP) is 4.91. The maximum atomic E-state index is 12.4. The van der Waals surface area contributed by atoms with Gasteiger partial charge >= 0.3 is 0 Å². The van der Waals surface area contributed by atoms with Gasteiger partial charge in [-0.2, -0.15) is 4.98 Å². The molecule has 2 rings (SSSR count). The molecule has 1 aromatic heterocycles. The number of hydrogen-bond acceptors (Lipinski definition) is 5. The Labute approximate surface area is 182 Å². The van der Waals surface area contributed by atoms with Gasteiger partial charge in [0.15, 0.2) is 0 Å². The Morgan fingerprint density at radius 2 is 1.57 bits per heavy atom. The Morgan fingerprint density at radius 3 is 2.10 bits per heavy atom. The van der Waals surface area contributed by atoms with Crippen LogP contribution in [0.3, 0.4) is 0 Å². The number of aromatic nitrogens is 2. The van der Waals surface area contributed by atoms with E-state index in [9.17, 15) is 9.59 Å². The van der Waals surface area contributed by atoms with Gasteiger partial charge in [0.05, 0.1) is 16.4 Å². The highest BCUT2D eigenvalue weighted by molar-refractivity contribution is 6.34. The van der Waals surface area contributed by atoms with Gasteiger partial charge in [-0.1, -0.05) is 66.1 Å². The van der Waals surface area contributed by atoms with E-state index in [2.05, 4.69) is 20.6 Å². The van der Waals surface area contributed by atoms with Crippen LogP contribution in [-0.4, -0.2) is 21.8 Å². The molecule has 0 bridgehead atoms. The van der Waals surface area contributed by atoms with E-state index < -0.39 is 10.8 Å². The van der Waals surface area contributed by atoms with Gasteiger partial charge in [0.25, 0.3) is 0 Å². The SMILES string of the molecule is CCc1nc(NC(=O)C(C)(C)C)nc(N)c1-c1ccc(Cl)c(NC(=O)C(C)(C)C)c1. The van der Waals surface area contributed by atoms with E-state index in [4.69, 9.17) is 17.3 Å². The Hall–Kier alpha value is -2.67. The number of nitrogens with one attached hydrogen (secondary N) is 2. The summed E-state index contributed by atoms with van der Waals surface area (Å²) in [5, 5.41) is 6.00. The summed E-state index contributed by atoms with van der Waals surface area (Å²) in [6.07, 6.45) is 0.576. The molecule has 0 fully saturated rings. The maximum absolute atomic E-state index is 12.4. The first kappa shape index (κ1) is 23.6. The molecule has 2 aromatic rings. The van der Waals surface area contributed by atoms with Crippen LogP contribution in [0.5, 0.6) is 0 Å². The largest absolute Gasteiger partial charge is 0.383 e. The summed E-state index contributed by atoms with van der Waals surface area (Å²) >= 11 is 6.29. The van der Waals surface area contributed by atoms with E-state index in [1.165, 1.54) is 0 Å². The minimum atomic E-state index is -0.584. The van der Waals surface area contributed by atoms with Gasteiger partial charge in [-0.05, 0) is 24.1 Å². The topological polar surface area (TPSA) is 110 Å². The fraction of sp³-hybridized carbons (Fsp3) is 0.455. The number of carbonyl (C=O) groups is 2. The van der Waals surface area contributed by atoms with Crippen LogP contribution in [0.2, 0.25) is 5.02 Å². The summed E-state index contributed by atoms with van der Waals surface area (Å²) in [5.74, 6) is 0.0572. The Morgan fingerprint density at radius 1 is 1.00 bits per heavy atom. The molecule has 30 heavy (non-hydrogen) atoms. The van der Waals surface area contributed by atoms with Crippen molar-refractivity contribution in [3.63, 3.8) is 0 Å². The number of aryl methyl sites for hydroxylation is 1. The molecule has 1 aromatic carbocycles. The van der Waals surface area contributed by atoms with Crippen LogP contribution in [0.15, 0.2) is 18.2 Å². The molecule has 0 unspecified atom stereocenters. The van der Waals surface area contributed by atoms with E-state index in [1.54, 1.807) is 18.2 Å². The molecule has 0 saturated carbocycles. The summed E-state index contributed by atoms with van der Waals surface area (Å²) < 4.78 is 0. The average molecular weight is 432 g/mol. The number of nitrogens with two attached hydrogens (primary N) is 1. The molecule has 4 N–H and O–H groups in total. The molecule has 0 radical (unpaired) electrons. The van der Waals surface area contributed by atoms with Crippen LogP contribution < -0.4 is 16.4 Å². The molecule has 162 valence electrons. The third-order valence-electron chi connectivity index (χ3n) is 4.44. The quantitative estimate of drug-likeness (QED) is 0.636. The van der Waals surface area contributed by atoms with Gasteiger partial charge in [-0.3, -0.25) is 14.9 Å². The molecule has 1 heterocycles. The van der Waals surface area contributed by atoms with Crippen LogP contribution in [0.25, 0.3) is 11.1 Å². The fourth-order valence-corrected chi connectivity index (χ4v) is 2.69. The first-order valence-corrected chi connectivity index (χ1v) is 10.2. The highest BCUT2D eigenvalue weighted by Gasteiger charge is 2.24. The second-order valence-electron chi connectivity index (χ2n) is 9.21. The van der Waals surface area contributed by atoms with E-state index in [0.717, 1.165) is 5.56 Å². The van der Waals surface area contributed by atoms with Crippen molar-refractivity contribution in [2.75, 3.05) is 16.4 Å². The number of carbonyl (C=O) groups excluding carboxylic acids is 2. The number of halogens is 1. The summed E-state index contributed by atoms with van der Waals surface area (Å²) in [5.41, 5.74) is 7.65. The first-order chi connectivity index (χ1) is 13.7. The molecular weight excluding hydrogens is 402 g/mol. The van der Waals surface area contributed by atoms with Gasteiger partial charge in [0.2, 0.25) is 17.8 Å². The van der Waals surface area contributed by atoms with E-state index in [0.29, 0.717) is 28.4 Å². The minimum absolute atomic E-state index is 0.151. The molecular formula is C22H30ClN5O2. The molecule has 0 aliphatic carbocycles. The van der Waals surface area contributed by atoms with Crippen LogP contribution in [0, 0.1) is 10.8 Å². The molecule has 0 spiro atoms. The fourth-order valence-electron chi connectivity index (χ4n) is 2.53. The van der Waals surface area contributed by atoms with Gasteiger partial charge in [0, 0.05) is 16.4 Å². The highest BCUT2D eigenvalue weighted by atomic mass is 35.5. The first-order valence-electron chi connectivity index (χ1n) is 9.83. The van der Waals surface area contributed by atoms with Crippen LogP contribution in [0.4, 0.5) is 17.5 Å². The molecule has 8 heteroatoms. The second kappa shape index (κ2) is 8.60. The van der Waals surface area contributed by atoms with Crippen molar-refractivity contribution in [3.05, 3.63) is 28.9 Å². The molecule has 7 nitrogen and oxygen atoms in total. The van der Waals surface area contributed by atoms with E-state index in [-0.39, 0.29) is 23.6 Å². The third kappa shape index (κ3) is 5.48. The molecule has 0 atom stereocenters. The number of nitrogen functional groups attached to an aromatic ring is 1. The number of anilines is 3. The highest BCUT2D eigenvalue weighted by Crippen LogP contribution is 2.34. The zero-order valence-corrected chi connectivity index (χ0v) is 19.4. The standard InChI is InChI=1S/C22H30ClN5O2/c1-8-14-16(17(24)27-20(26-14)28-19(30)22(5,6)7)12-9-10-13(23)15(11-12)25-18(29)21(2,3)4/h9-11H,8H2,1-7H3,(H,25,29)(H3,24,26,27,28,30). The second-order valence-corrected chi connectivity index (χ2v) is 9.62. The van der Waals surface area contributed by atoms with Gasteiger partial charge < -0.3 is 11.1 Å². The number of hydrogen-bond donors (Lipinski definition) is 3. The van der Waals surface area contributed by atoms with Crippen molar-refractivity contribution in [3.8, 4) is 11.1 Å². The number of benzene rings is 1. The maximum Gasteiger partial charge on any atom is 0.232 e. The van der Waals surface area contributed by atoms with Gasteiger partial charge in [-0.15, -0.1) is 0 Å². The number of nitrogens with zero attached hydrogens (tertiary/aromatic N) is 2.